The van der Waals surface area contributed by atoms with Crippen LogP contribution >= 0.6 is 15.9 Å². The number of fused-ring (bicyclic) bond motifs is 1. The SMILES string of the molecule is CC(C)c1ccc(Nc2ncnc(Oc3ccc(Br)c4cccnc34)c2N)cc1. The Hall–Kier alpha value is -3.19. The van der Waals surface area contributed by atoms with Gasteiger partial charge in [0.15, 0.2) is 11.6 Å². The zero-order valence-corrected chi connectivity index (χ0v) is 17.6. The second-order valence-corrected chi connectivity index (χ2v) is 7.74. The second-order valence-electron chi connectivity index (χ2n) is 6.89. The summed E-state index contributed by atoms with van der Waals surface area (Å²) in [6, 6.07) is 15.8. The molecule has 0 bridgehead atoms. The van der Waals surface area contributed by atoms with Crippen LogP contribution in [-0.2, 0) is 0 Å². The van der Waals surface area contributed by atoms with E-state index in [0.717, 1.165) is 21.1 Å². The van der Waals surface area contributed by atoms with Crippen LogP contribution in [0.4, 0.5) is 17.2 Å². The van der Waals surface area contributed by atoms with Crippen molar-refractivity contribution in [1.82, 2.24) is 15.0 Å². The molecule has 4 aromatic rings. The van der Waals surface area contributed by atoms with Crippen LogP contribution in [0.1, 0.15) is 25.3 Å². The van der Waals surface area contributed by atoms with E-state index in [9.17, 15) is 0 Å². The van der Waals surface area contributed by atoms with E-state index in [1.165, 1.54) is 11.9 Å². The average molecular weight is 450 g/mol. The van der Waals surface area contributed by atoms with Gasteiger partial charge < -0.3 is 15.8 Å². The minimum Gasteiger partial charge on any atom is -0.435 e. The molecule has 2 aromatic carbocycles. The first kappa shape index (κ1) is 19.1. The zero-order valence-electron chi connectivity index (χ0n) is 16.1. The summed E-state index contributed by atoms with van der Waals surface area (Å²) in [5.74, 6) is 1.81. The highest BCUT2D eigenvalue weighted by atomic mass is 79.9. The molecule has 0 aliphatic heterocycles. The highest BCUT2D eigenvalue weighted by Gasteiger charge is 2.14. The summed E-state index contributed by atoms with van der Waals surface area (Å²) >= 11 is 3.54. The predicted molar refractivity (Wildman–Crippen MR) is 120 cm³/mol. The number of nitrogens with zero attached hydrogens (tertiary/aromatic N) is 3. The van der Waals surface area contributed by atoms with Crippen molar-refractivity contribution in [3.05, 3.63) is 71.1 Å². The van der Waals surface area contributed by atoms with Gasteiger partial charge in [-0.3, -0.25) is 4.98 Å². The summed E-state index contributed by atoms with van der Waals surface area (Å²) < 4.78 is 6.95. The number of benzene rings is 2. The van der Waals surface area contributed by atoms with Gasteiger partial charge in [0, 0.05) is 21.7 Å². The molecule has 0 aliphatic rings. The quantitative estimate of drug-likeness (QED) is 0.386. The van der Waals surface area contributed by atoms with E-state index in [-0.39, 0.29) is 5.88 Å². The van der Waals surface area contributed by atoms with Crippen LogP contribution in [0, 0.1) is 0 Å². The van der Waals surface area contributed by atoms with Crippen molar-refractivity contribution in [2.24, 2.45) is 0 Å². The van der Waals surface area contributed by atoms with Crippen LogP contribution in [0.25, 0.3) is 10.9 Å². The molecule has 6 nitrogen and oxygen atoms in total. The zero-order chi connectivity index (χ0) is 20.4. The van der Waals surface area contributed by atoms with Gasteiger partial charge in [-0.05, 0) is 41.8 Å². The molecule has 7 heteroatoms. The number of pyridine rings is 1. The van der Waals surface area contributed by atoms with Crippen molar-refractivity contribution in [1.29, 1.82) is 0 Å². The Morgan fingerprint density at radius 1 is 1.00 bits per heavy atom. The van der Waals surface area contributed by atoms with Crippen LogP contribution in [0.2, 0.25) is 0 Å². The second kappa shape index (κ2) is 8.05. The minimum atomic E-state index is 0.274. The van der Waals surface area contributed by atoms with E-state index < -0.39 is 0 Å². The Morgan fingerprint density at radius 3 is 2.55 bits per heavy atom. The van der Waals surface area contributed by atoms with Gasteiger partial charge in [-0.2, -0.15) is 4.98 Å². The van der Waals surface area contributed by atoms with Crippen molar-refractivity contribution in [2.45, 2.75) is 19.8 Å². The first-order valence-electron chi connectivity index (χ1n) is 9.21. The number of rotatable bonds is 5. The molecule has 0 atom stereocenters. The molecule has 2 heterocycles. The van der Waals surface area contributed by atoms with Gasteiger partial charge in [-0.15, -0.1) is 0 Å². The number of nitrogens with one attached hydrogen (secondary N) is 1. The molecule has 0 fully saturated rings. The summed E-state index contributed by atoms with van der Waals surface area (Å²) in [6.07, 6.45) is 3.14. The van der Waals surface area contributed by atoms with Gasteiger partial charge >= 0.3 is 0 Å². The number of ether oxygens (including phenoxy) is 1. The van der Waals surface area contributed by atoms with Crippen LogP contribution in [-0.4, -0.2) is 15.0 Å². The maximum absolute atomic E-state index is 6.29. The predicted octanol–water partition coefficient (Wildman–Crippen LogP) is 6.03. The molecule has 0 saturated carbocycles. The standard InChI is InChI=1S/C22H20BrN5O/c1-13(2)14-5-7-15(8-6-14)28-21-19(24)22(27-12-26-21)29-18-10-9-17(23)16-4-3-11-25-20(16)18/h3-13H,24H2,1-2H3,(H,26,27,28). The molecule has 2 aromatic heterocycles. The number of nitrogen functional groups attached to an aromatic ring is 1. The first-order chi connectivity index (χ1) is 14.0. The Bertz CT molecular complexity index is 1160. The normalized spacial score (nSPS) is 11.0. The Balaban J connectivity index is 1.63. The fraction of sp³-hybridized carbons (Fsp3) is 0.136. The van der Waals surface area contributed by atoms with Gasteiger partial charge in [0.2, 0.25) is 5.88 Å². The molecule has 146 valence electrons. The van der Waals surface area contributed by atoms with Crippen molar-refractivity contribution in [3.8, 4) is 11.6 Å². The Kier molecular flexibility index (Phi) is 5.31. The lowest BCUT2D eigenvalue weighted by atomic mass is 10.0. The summed E-state index contributed by atoms with van der Waals surface area (Å²) in [5, 5.41) is 4.18. The maximum Gasteiger partial charge on any atom is 0.248 e. The van der Waals surface area contributed by atoms with Crippen LogP contribution in [0.5, 0.6) is 11.6 Å². The van der Waals surface area contributed by atoms with Crippen molar-refractivity contribution in [2.75, 3.05) is 11.1 Å². The molecule has 0 spiro atoms. The van der Waals surface area contributed by atoms with E-state index in [0.29, 0.717) is 23.2 Å². The van der Waals surface area contributed by atoms with E-state index in [2.05, 4.69) is 62.2 Å². The molecular weight excluding hydrogens is 430 g/mol. The van der Waals surface area contributed by atoms with Crippen molar-refractivity contribution in [3.63, 3.8) is 0 Å². The first-order valence-corrected chi connectivity index (χ1v) is 10.0. The summed E-state index contributed by atoms with van der Waals surface area (Å²) in [6.45, 7) is 4.32. The number of aromatic nitrogens is 3. The molecule has 0 amide bonds. The lowest BCUT2D eigenvalue weighted by Gasteiger charge is -2.13. The van der Waals surface area contributed by atoms with Gasteiger partial charge in [-0.25, -0.2) is 4.98 Å². The van der Waals surface area contributed by atoms with E-state index in [4.69, 9.17) is 10.5 Å². The van der Waals surface area contributed by atoms with Gasteiger partial charge in [0.1, 0.15) is 17.5 Å². The van der Waals surface area contributed by atoms with Gasteiger partial charge in [0.05, 0.1) is 0 Å². The van der Waals surface area contributed by atoms with Gasteiger partial charge in [-0.1, -0.05) is 48.0 Å². The van der Waals surface area contributed by atoms with Crippen LogP contribution in [0.15, 0.2) is 65.5 Å². The van der Waals surface area contributed by atoms with Crippen LogP contribution < -0.4 is 15.8 Å². The van der Waals surface area contributed by atoms with Crippen LogP contribution in [0.3, 0.4) is 0 Å². The number of nitrogens with two attached hydrogens (primary N) is 1. The summed E-state index contributed by atoms with van der Waals surface area (Å²) in [5.41, 5.74) is 9.49. The lowest BCUT2D eigenvalue weighted by Crippen LogP contribution is -2.03. The Morgan fingerprint density at radius 2 is 1.79 bits per heavy atom. The maximum atomic E-state index is 6.29. The van der Waals surface area contributed by atoms with E-state index in [1.807, 2.05) is 36.4 Å². The fourth-order valence-corrected chi connectivity index (χ4v) is 3.40. The number of hydrogen-bond donors (Lipinski definition) is 2. The molecule has 4 rings (SSSR count). The molecule has 3 N–H and O–H groups in total. The monoisotopic (exact) mass is 449 g/mol. The highest BCUT2D eigenvalue weighted by molar-refractivity contribution is 9.10. The summed E-state index contributed by atoms with van der Waals surface area (Å²) in [7, 11) is 0. The summed E-state index contributed by atoms with van der Waals surface area (Å²) in [4.78, 5) is 12.9. The third-order valence-corrected chi connectivity index (χ3v) is 5.27. The largest absolute Gasteiger partial charge is 0.435 e. The van der Waals surface area contributed by atoms with Gasteiger partial charge in [0.25, 0.3) is 0 Å². The molecule has 0 aliphatic carbocycles. The molecular formula is C22H20BrN5O. The average Bonchev–Trinajstić information content (AvgIpc) is 2.73. The number of hydrogen-bond acceptors (Lipinski definition) is 6. The number of halogens is 1. The van der Waals surface area contributed by atoms with Crippen molar-refractivity contribution < 1.29 is 4.74 Å². The molecule has 0 radical (unpaired) electrons. The minimum absolute atomic E-state index is 0.274. The van der Waals surface area contributed by atoms with E-state index in [1.54, 1.807) is 6.20 Å². The third-order valence-electron chi connectivity index (χ3n) is 4.57. The highest BCUT2D eigenvalue weighted by Crippen LogP contribution is 2.36. The molecule has 0 saturated heterocycles. The van der Waals surface area contributed by atoms with Crippen molar-refractivity contribution >= 4 is 44.0 Å². The topological polar surface area (TPSA) is 86.0 Å². The van der Waals surface area contributed by atoms with E-state index >= 15 is 0 Å². The fourth-order valence-electron chi connectivity index (χ4n) is 2.95. The lowest BCUT2D eigenvalue weighted by molar-refractivity contribution is 0.469. The smallest absolute Gasteiger partial charge is 0.248 e. The molecule has 29 heavy (non-hydrogen) atoms. The third kappa shape index (κ3) is 4.00. The Labute approximate surface area is 177 Å². The number of anilines is 3. The molecule has 0 unspecified atom stereocenters.